The van der Waals surface area contributed by atoms with Crippen LogP contribution in [0.3, 0.4) is 0 Å². The maximum atomic E-state index is 11.3. The van der Waals surface area contributed by atoms with Crippen molar-refractivity contribution in [2.45, 2.75) is 88.9 Å². The van der Waals surface area contributed by atoms with E-state index >= 15 is 0 Å². The molecule has 0 bridgehead atoms. The lowest BCUT2D eigenvalue weighted by molar-refractivity contribution is -0.199. The zero-order chi connectivity index (χ0) is 21.0. The van der Waals surface area contributed by atoms with Crippen molar-refractivity contribution in [1.29, 1.82) is 0 Å². The van der Waals surface area contributed by atoms with Crippen LogP contribution >= 0.6 is 0 Å². The van der Waals surface area contributed by atoms with Gasteiger partial charge in [0.05, 0.1) is 12.2 Å². The van der Waals surface area contributed by atoms with Crippen LogP contribution in [-0.4, -0.2) is 66.4 Å². The van der Waals surface area contributed by atoms with Crippen molar-refractivity contribution in [3.63, 3.8) is 0 Å². The Balaban J connectivity index is 4.55. The third-order valence-corrected chi connectivity index (χ3v) is 4.67. The van der Waals surface area contributed by atoms with E-state index in [1.807, 2.05) is 0 Å². The third-order valence-electron chi connectivity index (χ3n) is 4.67. The molecule has 0 aromatic rings. The first kappa shape index (κ1) is 25.3. The maximum absolute atomic E-state index is 11.3. The van der Waals surface area contributed by atoms with Crippen LogP contribution in [0.1, 0.15) is 71.1 Å². The molecule has 0 heterocycles. The van der Waals surface area contributed by atoms with Crippen molar-refractivity contribution in [2.24, 2.45) is 5.92 Å². The number of hydrogen-bond acceptors (Lipinski definition) is 6. The van der Waals surface area contributed by atoms with Crippen LogP contribution < -0.4 is 0 Å². The van der Waals surface area contributed by atoms with E-state index in [1.54, 1.807) is 0 Å². The summed E-state index contributed by atoms with van der Waals surface area (Å²) in [7, 11) is 0. The van der Waals surface area contributed by atoms with Crippen LogP contribution in [0.15, 0.2) is 0 Å². The zero-order valence-electron chi connectivity index (χ0n) is 15.7. The van der Waals surface area contributed by atoms with Gasteiger partial charge in [0.15, 0.2) is 5.92 Å². The molecular weight excluding hydrogens is 360 g/mol. The van der Waals surface area contributed by atoms with Gasteiger partial charge in [-0.1, -0.05) is 58.3 Å². The predicted molar refractivity (Wildman–Crippen MR) is 95.2 cm³/mol. The molecule has 0 radical (unpaired) electrons. The number of unbranched alkanes of at least 4 members (excludes halogenated alkanes) is 7. The first-order chi connectivity index (χ1) is 12.6. The first-order valence-electron chi connectivity index (χ1n) is 9.36. The molecule has 0 saturated carbocycles. The Morgan fingerprint density at radius 2 is 1.26 bits per heavy atom. The standard InChI is InChI=1S/C18H32O9/c1-2-3-4-5-6-7-8-9-10-12(19)11-13(20)18(27,17(25)26)14(15(21)22)16(23)24/h12-14,19-20,27H,2-11H2,1H3,(H,21,22)(H,23,24)(H,25,26). The van der Waals surface area contributed by atoms with Crippen LogP contribution in [0.4, 0.5) is 0 Å². The molecule has 9 nitrogen and oxygen atoms in total. The van der Waals surface area contributed by atoms with Gasteiger partial charge in [0.1, 0.15) is 0 Å². The average Bonchev–Trinajstić information content (AvgIpc) is 2.56. The van der Waals surface area contributed by atoms with Crippen molar-refractivity contribution in [1.82, 2.24) is 0 Å². The number of carbonyl (C=O) groups is 3. The minimum absolute atomic E-state index is 0.229. The largest absolute Gasteiger partial charge is 0.481 e. The van der Waals surface area contributed by atoms with Crippen LogP contribution in [0, 0.1) is 5.92 Å². The van der Waals surface area contributed by atoms with E-state index in [1.165, 1.54) is 19.3 Å². The molecule has 0 spiro atoms. The third kappa shape index (κ3) is 8.23. The summed E-state index contributed by atoms with van der Waals surface area (Å²) in [5.74, 6) is -9.13. The van der Waals surface area contributed by atoms with Gasteiger partial charge in [-0.05, 0) is 6.42 Å². The smallest absolute Gasteiger partial charge is 0.340 e. The highest BCUT2D eigenvalue weighted by atomic mass is 16.4. The monoisotopic (exact) mass is 392 g/mol. The molecule has 6 N–H and O–H groups in total. The number of carboxylic acids is 3. The summed E-state index contributed by atoms with van der Waals surface area (Å²) in [6, 6.07) is 0. The minimum atomic E-state index is -3.45. The molecule has 158 valence electrons. The Hall–Kier alpha value is -1.71. The van der Waals surface area contributed by atoms with Crippen molar-refractivity contribution in [3.8, 4) is 0 Å². The van der Waals surface area contributed by atoms with E-state index in [-0.39, 0.29) is 6.42 Å². The number of carboxylic acid groups (broad SMARTS) is 3. The summed E-state index contributed by atoms with van der Waals surface area (Å²) in [5.41, 5.74) is -3.45. The molecule has 0 aliphatic carbocycles. The molecule has 0 aliphatic heterocycles. The van der Waals surface area contributed by atoms with E-state index in [4.69, 9.17) is 15.3 Å². The number of aliphatic hydroxyl groups is 3. The van der Waals surface area contributed by atoms with Crippen LogP contribution in [0.25, 0.3) is 0 Å². The molecule has 0 fully saturated rings. The topological polar surface area (TPSA) is 173 Å². The lowest BCUT2D eigenvalue weighted by Crippen LogP contribution is -2.60. The number of rotatable bonds is 16. The van der Waals surface area contributed by atoms with Gasteiger partial charge < -0.3 is 30.6 Å². The van der Waals surface area contributed by atoms with Gasteiger partial charge in [-0.3, -0.25) is 9.59 Å². The van der Waals surface area contributed by atoms with Gasteiger partial charge in [-0.15, -0.1) is 0 Å². The Morgan fingerprint density at radius 1 is 0.815 bits per heavy atom. The number of hydrogen-bond donors (Lipinski definition) is 6. The molecule has 9 heteroatoms. The molecule has 0 aliphatic rings. The molecule has 3 atom stereocenters. The molecule has 0 aromatic carbocycles. The van der Waals surface area contributed by atoms with Crippen molar-refractivity contribution < 1.29 is 45.0 Å². The number of aliphatic hydroxyl groups excluding tert-OH is 2. The summed E-state index contributed by atoms with van der Waals surface area (Å²) < 4.78 is 0. The lowest BCUT2D eigenvalue weighted by Gasteiger charge is -2.32. The normalized spacial score (nSPS) is 15.9. The highest BCUT2D eigenvalue weighted by molar-refractivity contribution is 6.00. The fourth-order valence-electron chi connectivity index (χ4n) is 3.01. The number of aliphatic carboxylic acids is 3. The van der Waals surface area contributed by atoms with Crippen molar-refractivity contribution in [2.75, 3.05) is 0 Å². The summed E-state index contributed by atoms with van der Waals surface area (Å²) in [4.78, 5) is 33.4. The van der Waals surface area contributed by atoms with Crippen molar-refractivity contribution in [3.05, 3.63) is 0 Å². The fourth-order valence-corrected chi connectivity index (χ4v) is 3.01. The van der Waals surface area contributed by atoms with Crippen LogP contribution in [-0.2, 0) is 14.4 Å². The van der Waals surface area contributed by atoms with Gasteiger partial charge in [0, 0.05) is 6.42 Å². The molecule has 0 saturated heterocycles. The lowest BCUT2D eigenvalue weighted by atomic mass is 9.80. The SMILES string of the molecule is CCCCCCCCCCC(O)CC(O)C(O)(C(=O)O)C(C(=O)O)C(=O)O. The molecule has 27 heavy (non-hydrogen) atoms. The molecule has 3 unspecified atom stereocenters. The molecular formula is C18H32O9. The first-order valence-corrected chi connectivity index (χ1v) is 9.36. The highest BCUT2D eigenvalue weighted by Crippen LogP contribution is 2.27. The molecule has 0 amide bonds. The van der Waals surface area contributed by atoms with Gasteiger partial charge in [0.25, 0.3) is 0 Å². The predicted octanol–water partition coefficient (Wildman–Crippen LogP) is 1.23. The van der Waals surface area contributed by atoms with Gasteiger partial charge in [-0.25, -0.2) is 4.79 Å². The highest BCUT2D eigenvalue weighted by Gasteiger charge is 2.57. The van der Waals surface area contributed by atoms with Gasteiger partial charge in [0.2, 0.25) is 5.60 Å². The molecule has 0 aromatic heterocycles. The average molecular weight is 392 g/mol. The maximum Gasteiger partial charge on any atom is 0.340 e. The van der Waals surface area contributed by atoms with E-state index in [2.05, 4.69) is 6.92 Å². The Bertz CT molecular complexity index is 465. The fraction of sp³-hybridized carbons (Fsp3) is 0.833. The van der Waals surface area contributed by atoms with E-state index < -0.39 is 48.1 Å². The second-order valence-corrected chi connectivity index (χ2v) is 6.91. The minimum Gasteiger partial charge on any atom is -0.481 e. The Kier molecular flexibility index (Phi) is 11.8. The van der Waals surface area contributed by atoms with Gasteiger partial charge >= 0.3 is 17.9 Å². The zero-order valence-corrected chi connectivity index (χ0v) is 15.7. The second kappa shape index (κ2) is 12.6. The molecule has 0 rings (SSSR count). The van der Waals surface area contributed by atoms with E-state index in [9.17, 15) is 29.7 Å². The Labute approximate surface area is 158 Å². The van der Waals surface area contributed by atoms with Gasteiger partial charge in [-0.2, -0.15) is 0 Å². The summed E-state index contributed by atoms with van der Waals surface area (Å²) in [6.07, 6.45) is 4.38. The van der Waals surface area contributed by atoms with Crippen LogP contribution in [0.2, 0.25) is 0 Å². The van der Waals surface area contributed by atoms with E-state index in [0.717, 1.165) is 25.7 Å². The van der Waals surface area contributed by atoms with Crippen molar-refractivity contribution >= 4 is 17.9 Å². The van der Waals surface area contributed by atoms with E-state index in [0.29, 0.717) is 6.42 Å². The Morgan fingerprint density at radius 3 is 1.67 bits per heavy atom. The summed E-state index contributed by atoms with van der Waals surface area (Å²) >= 11 is 0. The van der Waals surface area contributed by atoms with Crippen LogP contribution in [0.5, 0.6) is 0 Å². The second-order valence-electron chi connectivity index (χ2n) is 6.91. The summed E-state index contributed by atoms with van der Waals surface area (Å²) in [6.45, 7) is 2.14. The quantitative estimate of drug-likeness (QED) is 0.167. The summed E-state index contributed by atoms with van der Waals surface area (Å²) in [5, 5.41) is 56.9.